The van der Waals surface area contributed by atoms with Gasteiger partial charge in [-0.1, -0.05) is 35.9 Å². The number of amides is 1. The number of hydrogen-bond donors (Lipinski definition) is 1. The number of aliphatic hydroxyl groups excluding tert-OH is 1. The molecule has 1 aliphatic rings. The maximum atomic E-state index is 14.0. The SMILES string of the molecule is COc1c(C)cc(C)cc1/C(O)=C1\C(=O)C(=O)N(c2cccc(F)c2)C1c1ccc(Cl)cc1. The van der Waals surface area contributed by atoms with Crippen LogP contribution >= 0.6 is 11.6 Å². The Bertz CT molecular complexity index is 1300. The topological polar surface area (TPSA) is 66.8 Å². The van der Waals surface area contributed by atoms with Gasteiger partial charge in [-0.3, -0.25) is 14.5 Å². The van der Waals surface area contributed by atoms with Gasteiger partial charge in [0.2, 0.25) is 0 Å². The number of rotatable bonds is 4. The lowest BCUT2D eigenvalue weighted by Gasteiger charge is -2.25. The van der Waals surface area contributed by atoms with E-state index in [-0.39, 0.29) is 17.0 Å². The molecule has 168 valence electrons. The fourth-order valence-electron chi connectivity index (χ4n) is 4.23. The van der Waals surface area contributed by atoms with Crippen molar-refractivity contribution in [2.75, 3.05) is 12.0 Å². The first kappa shape index (κ1) is 22.6. The van der Waals surface area contributed by atoms with Crippen molar-refractivity contribution in [2.45, 2.75) is 19.9 Å². The minimum absolute atomic E-state index is 0.116. The Labute approximate surface area is 195 Å². The standard InChI is InChI=1S/C26H21ClFNO4/c1-14-11-15(2)25(33-3)20(12-14)23(30)21-22(16-7-9-17(27)10-8-16)29(26(32)24(21)31)19-6-4-5-18(28)13-19/h4-13,22,30H,1-3H3/b23-21+. The van der Waals surface area contributed by atoms with E-state index >= 15 is 0 Å². The molecule has 1 amide bonds. The van der Waals surface area contributed by atoms with Gasteiger partial charge in [0, 0.05) is 10.7 Å². The average Bonchev–Trinajstić information content (AvgIpc) is 3.04. The third-order valence-electron chi connectivity index (χ3n) is 5.59. The Morgan fingerprint density at radius 1 is 1.06 bits per heavy atom. The summed E-state index contributed by atoms with van der Waals surface area (Å²) in [6, 6.07) is 14.6. The second-order valence-corrected chi connectivity index (χ2v) is 8.30. The number of carbonyl (C=O) groups excluding carboxylic acids is 2. The number of benzene rings is 3. The van der Waals surface area contributed by atoms with Gasteiger partial charge < -0.3 is 9.84 Å². The highest BCUT2D eigenvalue weighted by molar-refractivity contribution is 6.51. The third-order valence-corrected chi connectivity index (χ3v) is 5.85. The number of carbonyl (C=O) groups is 2. The van der Waals surface area contributed by atoms with Crippen molar-refractivity contribution < 1.29 is 23.8 Å². The maximum Gasteiger partial charge on any atom is 0.300 e. The summed E-state index contributed by atoms with van der Waals surface area (Å²) in [7, 11) is 1.47. The van der Waals surface area contributed by atoms with Crippen LogP contribution < -0.4 is 9.64 Å². The monoisotopic (exact) mass is 465 g/mol. The van der Waals surface area contributed by atoms with E-state index in [9.17, 15) is 19.1 Å². The molecule has 1 unspecified atom stereocenters. The lowest BCUT2D eigenvalue weighted by atomic mass is 9.93. The molecular weight excluding hydrogens is 445 g/mol. The Morgan fingerprint density at radius 2 is 1.76 bits per heavy atom. The summed E-state index contributed by atoms with van der Waals surface area (Å²) in [6.45, 7) is 3.68. The molecule has 1 saturated heterocycles. The van der Waals surface area contributed by atoms with Gasteiger partial charge in [0.1, 0.15) is 17.3 Å². The van der Waals surface area contributed by atoms with E-state index < -0.39 is 23.5 Å². The van der Waals surface area contributed by atoms with E-state index in [4.69, 9.17) is 16.3 Å². The van der Waals surface area contributed by atoms with Gasteiger partial charge >= 0.3 is 0 Å². The first-order valence-corrected chi connectivity index (χ1v) is 10.6. The van der Waals surface area contributed by atoms with Crippen molar-refractivity contribution in [3.63, 3.8) is 0 Å². The predicted octanol–water partition coefficient (Wildman–Crippen LogP) is 5.73. The Morgan fingerprint density at radius 3 is 2.39 bits per heavy atom. The number of Topliss-reactive ketones (excluding diaryl/α,β-unsaturated/α-hetero) is 1. The molecular formula is C26H21ClFNO4. The third kappa shape index (κ3) is 3.98. The first-order chi connectivity index (χ1) is 15.7. The molecule has 1 fully saturated rings. The van der Waals surface area contributed by atoms with Gasteiger partial charge in [0.25, 0.3) is 11.7 Å². The Hall–Kier alpha value is -3.64. The number of aryl methyl sites for hydroxylation is 2. The molecule has 0 bridgehead atoms. The smallest absolute Gasteiger partial charge is 0.300 e. The molecule has 1 heterocycles. The highest BCUT2D eigenvalue weighted by atomic mass is 35.5. The van der Waals surface area contributed by atoms with E-state index in [1.165, 1.54) is 36.3 Å². The lowest BCUT2D eigenvalue weighted by Crippen LogP contribution is -2.29. The number of nitrogens with zero attached hydrogens (tertiary/aromatic N) is 1. The van der Waals surface area contributed by atoms with Crippen molar-refractivity contribution >= 4 is 34.7 Å². The maximum absolute atomic E-state index is 14.0. The van der Waals surface area contributed by atoms with E-state index in [1.807, 2.05) is 19.9 Å². The highest BCUT2D eigenvalue weighted by Crippen LogP contribution is 2.44. The van der Waals surface area contributed by atoms with Gasteiger partial charge in [-0.05, 0) is 66.9 Å². The minimum Gasteiger partial charge on any atom is -0.507 e. The van der Waals surface area contributed by atoms with Crippen molar-refractivity contribution in [1.82, 2.24) is 0 Å². The molecule has 3 aromatic rings. The molecule has 5 nitrogen and oxygen atoms in total. The number of aliphatic hydroxyl groups is 1. The summed E-state index contributed by atoms with van der Waals surface area (Å²) < 4.78 is 19.5. The Kier molecular flexibility index (Phi) is 5.95. The Balaban J connectivity index is 2.01. The number of hydrogen-bond acceptors (Lipinski definition) is 4. The van der Waals surface area contributed by atoms with Crippen molar-refractivity contribution in [1.29, 1.82) is 0 Å². The lowest BCUT2D eigenvalue weighted by molar-refractivity contribution is -0.132. The zero-order chi connectivity index (χ0) is 23.9. The summed E-state index contributed by atoms with van der Waals surface area (Å²) in [4.78, 5) is 27.6. The normalized spacial score (nSPS) is 17.5. The fourth-order valence-corrected chi connectivity index (χ4v) is 4.36. The molecule has 0 aliphatic carbocycles. The van der Waals surface area contributed by atoms with Crippen LogP contribution in [0.3, 0.4) is 0 Å². The molecule has 1 atom stereocenters. The van der Waals surface area contributed by atoms with Crippen LogP contribution in [-0.4, -0.2) is 23.9 Å². The molecule has 7 heteroatoms. The van der Waals surface area contributed by atoms with Crippen LogP contribution in [0.25, 0.3) is 5.76 Å². The number of methoxy groups -OCH3 is 1. The fraction of sp³-hybridized carbons (Fsp3) is 0.154. The molecule has 3 aromatic carbocycles. The quantitative estimate of drug-likeness (QED) is 0.303. The first-order valence-electron chi connectivity index (χ1n) is 10.2. The summed E-state index contributed by atoms with van der Waals surface area (Å²) in [5, 5.41) is 11.8. The molecule has 4 rings (SSSR count). The van der Waals surface area contributed by atoms with Crippen molar-refractivity contribution in [3.05, 3.63) is 99.3 Å². The number of halogens is 2. The van der Waals surface area contributed by atoms with E-state index in [1.54, 1.807) is 30.3 Å². The molecule has 33 heavy (non-hydrogen) atoms. The van der Waals surface area contributed by atoms with Crippen LogP contribution in [-0.2, 0) is 9.59 Å². The second-order valence-electron chi connectivity index (χ2n) is 7.86. The van der Waals surface area contributed by atoms with Gasteiger partial charge in [-0.25, -0.2) is 4.39 Å². The zero-order valence-electron chi connectivity index (χ0n) is 18.2. The molecule has 0 radical (unpaired) electrons. The number of ketones is 1. The number of anilines is 1. The predicted molar refractivity (Wildman–Crippen MR) is 125 cm³/mol. The van der Waals surface area contributed by atoms with Crippen LogP contribution in [0.2, 0.25) is 5.02 Å². The van der Waals surface area contributed by atoms with E-state index in [0.717, 1.165) is 11.1 Å². The van der Waals surface area contributed by atoms with Crippen LogP contribution in [0.1, 0.15) is 28.3 Å². The largest absolute Gasteiger partial charge is 0.507 e. The second kappa shape index (κ2) is 8.71. The average molecular weight is 466 g/mol. The van der Waals surface area contributed by atoms with Gasteiger partial charge in [-0.2, -0.15) is 0 Å². The van der Waals surface area contributed by atoms with Gasteiger partial charge in [-0.15, -0.1) is 0 Å². The number of ether oxygens (including phenoxy) is 1. The van der Waals surface area contributed by atoms with Gasteiger partial charge in [0.15, 0.2) is 0 Å². The summed E-state index contributed by atoms with van der Waals surface area (Å²) >= 11 is 6.04. The molecule has 1 aliphatic heterocycles. The van der Waals surface area contributed by atoms with Crippen LogP contribution in [0.4, 0.5) is 10.1 Å². The van der Waals surface area contributed by atoms with Crippen LogP contribution in [0.15, 0.2) is 66.2 Å². The summed E-state index contributed by atoms with van der Waals surface area (Å²) in [5.74, 6) is -2.27. The molecule has 0 spiro atoms. The van der Waals surface area contributed by atoms with Gasteiger partial charge in [0.05, 0.1) is 24.3 Å². The summed E-state index contributed by atoms with van der Waals surface area (Å²) in [6.07, 6.45) is 0. The molecule has 0 aromatic heterocycles. The minimum atomic E-state index is -0.991. The summed E-state index contributed by atoms with van der Waals surface area (Å²) in [5.41, 5.74) is 2.52. The zero-order valence-corrected chi connectivity index (χ0v) is 19.0. The van der Waals surface area contributed by atoms with E-state index in [2.05, 4.69) is 0 Å². The van der Waals surface area contributed by atoms with Crippen molar-refractivity contribution in [2.24, 2.45) is 0 Å². The van der Waals surface area contributed by atoms with Crippen LogP contribution in [0.5, 0.6) is 5.75 Å². The molecule has 1 N–H and O–H groups in total. The van der Waals surface area contributed by atoms with Crippen LogP contribution in [0, 0.1) is 19.7 Å². The van der Waals surface area contributed by atoms with Crippen molar-refractivity contribution in [3.8, 4) is 5.75 Å². The molecule has 0 saturated carbocycles. The van der Waals surface area contributed by atoms with E-state index in [0.29, 0.717) is 21.9 Å². The highest BCUT2D eigenvalue weighted by Gasteiger charge is 2.47.